The maximum atomic E-state index is 12.4. The van der Waals surface area contributed by atoms with Crippen molar-refractivity contribution in [3.63, 3.8) is 0 Å². The molecular weight excluding hydrogens is 412 g/mol. The summed E-state index contributed by atoms with van der Waals surface area (Å²) in [7, 11) is 1.60. The minimum atomic E-state index is -0.0706. The number of rotatable bonds is 7. The smallest absolute Gasteiger partial charge is 0.238 e. The SMILES string of the molecule is CCN(CC(=O)Nc1cccc(OC)c1)Cc1cc2c(cc1Br)OCCO2. The number of nitrogens with one attached hydrogen (secondary N) is 1. The largest absolute Gasteiger partial charge is 0.497 e. The molecule has 27 heavy (non-hydrogen) atoms. The van der Waals surface area contributed by atoms with Gasteiger partial charge in [-0.25, -0.2) is 0 Å². The number of methoxy groups -OCH3 is 1. The van der Waals surface area contributed by atoms with E-state index in [-0.39, 0.29) is 12.5 Å². The number of amides is 1. The molecule has 7 heteroatoms. The highest BCUT2D eigenvalue weighted by molar-refractivity contribution is 9.10. The molecule has 1 N–H and O–H groups in total. The van der Waals surface area contributed by atoms with Gasteiger partial charge >= 0.3 is 0 Å². The number of likely N-dealkylation sites (N-methyl/N-ethyl adjacent to an activating group) is 1. The van der Waals surface area contributed by atoms with Crippen LogP contribution in [0.15, 0.2) is 40.9 Å². The van der Waals surface area contributed by atoms with Crippen LogP contribution < -0.4 is 19.5 Å². The molecular formula is C20H23BrN2O4. The molecule has 0 aromatic heterocycles. The number of hydrogen-bond acceptors (Lipinski definition) is 5. The van der Waals surface area contributed by atoms with Crippen molar-refractivity contribution in [1.82, 2.24) is 4.90 Å². The summed E-state index contributed by atoms with van der Waals surface area (Å²) in [5.74, 6) is 2.13. The molecule has 0 bridgehead atoms. The third-order valence-corrected chi connectivity index (χ3v) is 5.01. The van der Waals surface area contributed by atoms with Crippen molar-refractivity contribution in [2.45, 2.75) is 13.5 Å². The van der Waals surface area contributed by atoms with E-state index in [0.717, 1.165) is 33.8 Å². The Balaban J connectivity index is 1.64. The lowest BCUT2D eigenvalue weighted by Crippen LogP contribution is -2.33. The number of nitrogens with zero attached hydrogens (tertiary/aromatic N) is 1. The van der Waals surface area contributed by atoms with Gasteiger partial charge in [0.05, 0.1) is 13.7 Å². The Hall–Kier alpha value is -2.25. The highest BCUT2D eigenvalue weighted by Crippen LogP contribution is 2.36. The summed E-state index contributed by atoms with van der Waals surface area (Å²) in [6, 6.07) is 11.2. The molecule has 2 aromatic carbocycles. The third-order valence-electron chi connectivity index (χ3n) is 4.27. The molecule has 1 aliphatic heterocycles. The van der Waals surface area contributed by atoms with Crippen LogP contribution in [0.25, 0.3) is 0 Å². The average Bonchev–Trinajstić information content (AvgIpc) is 2.68. The summed E-state index contributed by atoms with van der Waals surface area (Å²) in [6.45, 7) is 4.80. The summed E-state index contributed by atoms with van der Waals surface area (Å²) in [4.78, 5) is 14.5. The van der Waals surface area contributed by atoms with Crippen LogP contribution in [0, 0.1) is 0 Å². The normalized spacial score (nSPS) is 12.7. The second-order valence-corrected chi connectivity index (χ2v) is 7.03. The predicted molar refractivity (Wildman–Crippen MR) is 108 cm³/mol. The fourth-order valence-corrected chi connectivity index (χ4v) is 3.30. The van der Waals surface area contributed by atoms with Crippen molar-refractivity contribution in [3.8, 4) is 17.2 Å². The Morgan fingerprint density at radius 3 is 2.67 bits per heavy atom. The number of benzene rings is 2. The maximum absolute atomic E-state index is 12.4. The number of carbonyl (C=O) groups is 1. The molecule has 0 unspecified atom stereocenters. The maximum Gasteiger partial charge on any atom is 0.238 e. The molecule has 1 amide bonds. The average molecular weight is 435 g/mol. The number of ether oxygens (including phenoxy) is 3. The first-order valence-corrected chi connectivity index (χ1v) is 9.62. The van der Waals surface area contributed by atoms with Crippen molar-refractivity contribution in [1.29, 1.82) is 0 Å². The first kappa shape index (κ1) is 19.5. The molecule has 1 aliphatic rings. The fourth-order valence-electron chi connectivity index (χ4n) is 2.85. The monoisotopic (exact) mass is 434 g/mol. The molecule has 0 aliphatic carbocycles. The zero-order valence-corrected chi connectivity index (χ0v) is 17.0. The zero-order valence-electron chi connectivity index (χ0n) is 15.5. The van der Waals surface area contributed by atoms with Crippen LogP contribution in [-0.2, 0) is 11.3 Å². The summed E-state index contributed by atoms with van der Waals surface area (Å²) in [5, 5.41) is 2.91. The molecule has 3 rings (SSSR count). The molecule has 0 fully saturated rings. The van der Waals surface area contributed by atoms with E-state index in [1.807, 2.05) is 37.3 Å². The molecule has 0 saturated heterocycles. The van der Waals surface area contributed by atoms with E-state index in [1.54, 1.807) is 13.2 Å². The van der Waals surface area contributed by atoms with E-state index in [1.165, 1.54) is 0 Å². The Kier molecular flexibility index (Phi) is 6.58. The molecule has 0 atom stereocenters. The van der Waals surface area contributed by atoms with Gasteiger partial charge in [-0.1, -0.05) is 28.9 Å². The van der Waals surface area contributed by atoms with E-state index in [0.29, 0.717) is 25.5 Å². The molecule has 0 radical (unpaired) electrons. The Morgan fingerprint density at radius 1 is 1.22 bits per heavy atom. The van der Waals surface area contributed by atoms with Crippen LogP contribution in [0.2, 0.25) is 0 Å². The lowest BCUT2D eigenvalue weighted by atomic mass is 10.1. The first-order valence-electron chi connectivity index (χ1n) is 8.83. The van der Waals surface area contributed by atoms with Crippen molar-refractivity contribution in [2.75, 3.05) is 38.7 Å². The predicted octanol–water partition coefficient (Wildman–Crippen LogP) is 3.69. The van der Waals surface area contributed by atoms with Crippen LogP contribution >= 0.6 is 15.9 Å². The standard InChI is InChI=1S/C20H23BrN2O4/c1-3-23(13-20(24)22-15-5-4-6-16(10-15)25-2)12-14-9-18-19(11-17(14)21)27-8-7-26-18/h4-6,9-11H,3,7-8,12-13H2,1-2H3,(H,22,24). The number of anilines is 1. The van der Waals surface area contributed by atoms with Gasteiger partial charge in [0.25, 0.3) is 0 Å². The van der Waals surface area contributed by atoms with Gasteiger partial charge in [0.2, 0.25) is 5.91 Å². The number of hydrogen-bond donors (Lipinski definition) is 1. The van der Waals surface area contributed by atoms with Crippen LogP contribution in [0.1, 0.15) is 12.5 Å². The topological polar surface area (TPSA) is 60.0 Å². The number of carbonyl (C=O) groups excluding carboxylic acids is 1. The lowest BCUT2D eigenvalue weighted by molar-refractivity contribution is -0.117. The minimum Gasteiger partial charge on any atom is -0.497 e. The van der Waals surface area contributed by atoms with Gasteiger partial charge in [-0.2, -0.15) is 0 Å². The molecule has 6 nitrogen and oxygen atoms in total. The van der Waals surface area contributed by atoms with Crippen molar-refractivity contribution in [3.05, 3.63) is 46.4 Å². The molecule has 1 heterocycles. The quantitative estimate of drug-likeness (QED) is 0.719. The summed E-state index contributed by atoms with van der Waals surface area (Å²) in [5.41, 5.74) is 1.77. The van der Waals surface area contributed by atoms with E-state index in [9.17, 15) is 4.79 Å². The van der Waals surface area contributed by atoms with Crippen LogP contribution in [0.4, 0.5) is 5.69 Å². The van der Waals surface area contributed by atoms with Crippen molar-refractivity contribution in [2.24, 2.45) is 0 Å². The van der Waals surface area contributed by atoms with E-state index in [2.05, 4.69) is 26.1 Å². The van der Waals surface area contributed by atoms with Gasteiger partial charge in [-0.3, -0.25) is 9.69 Å². The zero-order chi connectivity index (χ0) is 19.2. The third kappa shape index (κ3) is 5.14. The Bertz CT molecular complexity index is 813. The number of halogens is 1. The highest BCUT2D eigenvalue weighted by Gasteiger charge is 2.17. The Morgan fingerprint density at radius 2 is 1.96 bits per heavy atom. The molecule has 2 aromatic rings. The van der Waals surface area contributed by atoms with Crippen LogP contribution in [-0.4, -0.2) is 44.2 Å². The van der Waals surface area contributed by atoms with Gasteiger partial charge in [0, 0.05) is 22.8 Å². The van der Waals surface area contributed by atoms with Crippen LogP contribution in [0.3, 0.4) is 0 Å². The van der Waals surface area contributed by atoms with E-state index >= 15 is 0 Å². The van der Waals surface area contributed by atoms with Gasteiger partial charge in [-0.15, -0.1) is 0 Å². The summed E-state index contributed by atoms with van der Waals surface area (Å²) < 4.78 is 17.4. The van der Waals surface area contributed by atoms with E-state index < -0.39 is 0 Å². The second kappa shape index (κ2) is 9.10. The second-order valence-electron chi connectivity index (χ2n) is 6.17. The Labute approximate surface area is 167 Å². The highest BCUT2D eigenvalue weighted by atomic mass is 79.9. The molecule has 144 valence electrons. The number of fused-ring (bicyclic) bond motifs is 1. The van der Waals surface area contributed by atoms with Crippen molar-refractivity contribution < 1.29 is 19.0 Å². The fraction of sp³-hybridized carbons (Fsp3) is 0.350. The lowest BCUT2D eigenvalue weighted by Gasteiger charge is -2.23. The summed E-state index contributed by atoms with van der Waals surface area (Å²) >= 11 is 3.59. The molecule has 0 spiro atoms. The van der Waals surface area contributed by atoms with E-state index in [4.69, 9.17) is 14.2 Å². The van der Waals surface area contributed by atoms with Crippen LogP contribution in [0.5, 0.6) is 17.2 Å². The summed E-state index contributed by atoms with van der Waals surface area (Å²) in [6.07, 6.45) is 0. The van der Waals surface area contributed by atoms with Gasteiger partial charge in [0.15, 0.2) is 11.5 Å². The first-order chi connectivity index (χ1) is 13.1. The minimum absolute atomic E-state index is 0.0706. The van der Waals surface area contributed by atoms with Gasteiger partial charge < -0.3 is 19.5 Å². The van der Waals surface area contributed by atoms with Crippen molar-refractivity contribution >= 4 is 27.5 Å². The van der Waals surface area contributed by atoms with Gasteiger partial charge in [-0.05, 0) is 36.4 Å². The van der Waals surface area contributed by atoms with Gasteiger partial charge in [0.1, 0.15) is 19.0 Å². The molecule has 0 saturated carbocycles.